The van der Waals surface area contributed by atoms with Gasteiger partial charge in [0.25, 0.3) is 0 Å². The number of aromatic nitrogens is 3. The molecular weight excluding hydrogens is 276 g/mol. The summed E-state index contributed by atoms with van der Waals surface area (Å²) in [4.78, 5) is 11.0. The number of rotatable bonds is 2. The quantitative estimate of drug-likeness (QED) is 0.795. The Morgan fingerprint density at radius 2 is 2.16 bits per heavy atom. The molecule has 2 aromatic rings. The molecule has 1 aliphatic heterocycles. The standard InChI is InChI=1S/C13H16N4S2/c18-13(16-6-2-1-3-7-16)19-10-11-9-17-8-4-5-14-12(17)15-11/h4-5,8-9H,1-3,6-7,10H2. The highest BCUT2D eigenvalue weighted by molar-refractivity contribution is 8.22. The van der Waals surface area contributed by atoms with Gasteiger partial charge < -0.3 is 4.90 Å². The van der Waals surface area contributed by atoms with Crippen LogP contribution in [-0.2, 0) is 5.75 Å². The van der Waals surface area contributed by atoms with Crippen molar-refractivity contribution in [2.75, 3.05) is 13.1 Å². The Bertz CT molecular complexity index is 542. The van der Waals surface area contributed by atoms with Gasteiger partial charge in [0, 0.05) is 37.4 Å². The SMILES string of the molecule is S=C(SCc1cn2cccnc2n1)N1CCCCC1. The van der Waals surface area contributed by atoms with Gasteiger partial charge in [0.1, 0.15) is 4.32 Å². The van der Waals surface area contributed by atoms with Crippen molar-refractivity contribution in [2.45, 2.75) is 25.0 Å². The molecule has 0 unspecified atom stereocenters. The number of piperidine rings is 1. The largest absolute Gasteiger partial charge is 0.358 e. The minimum absolute atomic E-state index is 0.752. The van der Waals surface area contributed by atoms with E-state index in [0.29, 0.717) is 0 Å². The molecular formula is C13H16N4S2. The Morgan fingerprint density at radius 1 is 1.32 bits per heavy atom. The molecule has 6 heteroatoms. The molecule has 0 amide bonds. The highest BCUT2D eigenvalue weighted by atomic mass is 32.2. The molecule has 0 aliphatic carbocycles. The zero-order valence-corrected chi connectivity index (χ0v) is 12.3. The molecule has 3 rings (SSSR count). The third kappa shape index (κ3) is 3.06. The highest BCUT2D eigenvalue weighted by Gasteiger charge is 2.14. The highest BCUT2D eigenvalue weighted by Crippen LogP contribution is 2.19. The molecule has 19 heavy (non-hydrogen) atoms. The van der Waals surface area contributed by atoms with Crippen molar-refractivity contribution in [1.29, 1.82) is 0 Å². The van der Waals surface area contributed by atoms with Crippen molar-refractivity contribution < 1.29 is 0 Å². The van der Waals surface area contributed by atoms with Crippen LogP contribution in [0.2, 0.25) is 0 Å². The lowest BCUT2D eigenvalue weighted by Gasteiger charge is -2.28. The van der Waals surface area contributed by atoms with Gasteiger partial charge in [-0.25, -0.2) is 9.97 Å². The second-order valence-electron chi connectivity index (χ2n) is 4.66. The molecule has 0 bridgehead atoms. The van der Waals surface area contributed by atoms with Gasteiger partial charge in [-0.05, 0) is 25.3 Å². The summed E-state index contributed by atoms with van der Waals surface area (Å²) in [6, 6.07) is 1.91. The first kappa shape index (κ1) is 12.9. The van der Waals surface area contributed by atoms with Crippen molar-refractivity contribution in [3.63, 3.8) is 0 Å². The Morgan fingerprint density at radius 3 is 2.95 bits per heavy atom. The summed E-state index contributed by atoms with van der Waals surface area (Å²) in [5.41, 5.74) is 1.03. The summed E-state index contributed by atoms with van der Waals surface area (Å²) in [5, 5.41) is 0. The molecule has 0 radical (unpaired) electrons. The van der Waals surface area contributed by atoms with Gasteiger partial charge in [-0.2, -0.15) is 0 Å². The number of fused-ring (bicyclic) bond motifs is 1. The van der Waals surface area contributed by atoms with Crippen LogP contribution < -0.4 is 0 Å². The average molecular weight is 292 g/mol. The van der Waals surface area contributed by atoms with Gasteiger partial charge in [-0.15, -0.1) is 0 Å². The van der Waals surface area contributed by atoms with E-state index in [4.69, 9.17) is 12.2 Å². The van der Waals surface area contributed by atoms with Gasteiger partial charge in [0.05, 0.1) is 5.69 Å². The van der Waals surface area contributed by atoms with Crippen LogP contribution in [0.5, 0.6) is 0 Å². The van der Waals surface area contributed by atoms with Crippen LogP contribution in [0.4, 0.5) is 0 Å². The number of imidazole rings is 1. The predicted octanol–water partition coefficient (Wildman–Crippen LogP) is 2.73. The number of hydrogen-bond donors (Lipinski definition) is 0. The minimum atomic E-state index is 0.752. The molecule has 1 aliphatic rings. The minimum Gasteiger partial charge on any atom is -0.358 e. The molecule has 0 atom stereocenters. The van der Waals surface area contributed by atoms with E-state index in [2.05, 4.69) is 14.9 Å². The summed E-state index contributed by atoms with van der Waals surface area (Å²) < 4.78 is 2.95. The van der Waals surface area contributed by atoms with Crippen LogP contribution in [0.1, 0.15) is 25.0 Å². The molecule has 100 valence electrons. The Balaban J connectivity index is 1.60. The third-order valence-corrected chi connectivity index (χ3v) is 4.80. The second-order valence-corrected chi connectivity index (χ2v) is 6.27. The number of thiocarbonyl (C=S) groups is 1. The van der Waals surface area contributed by atoms with E-state index in [1.165, 1.54) is 19.3 Å². The van der Waals surface area contributed by atoms with E-state index in [9.17, 15) is 0 Å². The number of likely N-dealkylation sites (tertiary alicyclic amines) is 1. The molecule has 3 heterocycles. The normalized spacial score (nSPS) is 15.9. The zero-order valence-electron chi connectivity index (χ0n) is 10.7. The van der Waals surface area contributed by atoms with Crippen LogP contribution in [0.3, 0.4) is 0 Å². The molecule has 0 N–H and O–H groups in total. The summed E-state index contributed by atoms with van der Waals surface area (Å²) in [7, 11) is 0. The molecule has 1 fully saturated rings. The number of nitrogens with zero attached hydrogens (tertiary/aromatic N) is 4. The smallest absolute Gasteiger partial charge is 0.233 e. The summed E-state index contributed by atoms with van der Waals surface area (Å²) in [6.45, 7) is 2.22. The predicted molar refractivity (Wildman–Crippen MR) is 82.3 cm³/mol. The van der Waals surface area contributed by atoms with Gasteiger partial charge >= 0.3 is 0 Å². The first-order valence-electron chi connectivity index (χ1n) is 6.53. The molecule has 4 nitrogen and oxygen atoms in total. The number of hydrogen-bond acceptors (Lipinski definition) is 4. The molecule has 0 spiro atoms. The average Bonchev–Trinajstić information content (AvgIpc) is 2.88. The van der Waals surface area contributed by atoms with E-state index in [0.717, 1.165) is 34.6 Å². The zero-order chi connectivity index (χ0) is 13.1. The van der Waals surface area contributed by atoms with E-state index in [1.807, 2.05) is 22.9 Å². The lowest BCUT2D eigenvalue weighted by Crippen LogP contribution is -2.32. The van der Waals surface area contributed by atoms with Crippen molar-refractivity contribution in [3.05, 3.63) is 30.4 Å². The summed E-state index contributed by atoms with van der Waals surface area (Å²) in [6.07, 6.45) is 9.61. The van der Waals surface area contributed by atoms with Gasteiger partial charge in [-0.3, -0.25) is 4.40 Å². The molecule has 0 saturated carbocycles. The lowest BCUT2D eigenvalue weighted by molar-refractivity contribution is 0.352. The second kappa shape index (κ2) is 5.88. The fourth-order valence-corrected chi connectivity index (χ4v) is 3.39. The van der Waals surface area contributed by atoms with Crippen LogP contribution >= 0.6 is 24.0 Å². The Kier molecular flexibility index (Phi) is 3.98. The Labute approximate surface area is 122 Å². The third-order valence-electron chi connectivity index (χ3n) is 3.24. The fraction of sp³-hybridized carbons (Fsp3) is 0.462. The van der Waals surface area contributed by atoms with Crippen LogP contribution in [0.25, 0.3) is 5.78 Å². The van der Waals surface area contributed by atoms with E-state index < -0.39 is 0 Å². The number of thioether (sulfide) groups is 1. The Hall–Kier alpha value is -1.14. The van der Waals surface area contributed by atoms with E-state index in [1.54, 1.807) is 18.0 Å². The van der Waals surface area contributed by atoms with Crippen molar-refractivity contribution in [1.82, 2.24) is 19.3 Å². The van der Waals surface area contributed by atoms with Gasteiger partial charge in [-0.1, -0.05) is 24.0 Å². The summed E-state index contributed by atoms with van der Waals surface area (Å²) in [5.74, 6) is 1.57. The maximum Gasteiger partial charge on any atom is 0.233 e. The van der Waals surface area contributed by atoms with Crippen LogP contribution in [0.15, 0.2) is 24.7 Å². The maximum atomic E-state index is 5.49. The van der Waals surface area contributed by atoms with Crippen molar-refractivity contribution in [3.8, 4) is 0 Å². The van der Waals surface area contributed by atoms with E-state index in [-0.39, 0.29) is 0 Å². The first-order valence-corrected chi connectivity index (χ1v) is 7.92. The van der Waals surface area contributed by atoms with Crippen LogP contribution in [-0.4, -0.2) is 36.7 Å². The summed E-state index contributed by atoms with van der Waals surface area (Å²) >= 11 is 7.20. The maximum absolute atomic E-state index is 5.49. The van der Waals surface area contributed by atoms with Gasteiger partial charge in [0.15, 0.2) is 0 Å². The topological polar surface area (TPSA) is 33.4 Å². The van der Waals surface area contributed by atoms with Crippen LogP contribution in [0, 0.1) is 0 Å². The fourth-order valence-electron chi connectivity index (χ4n) is 2.25. The molecule has 0 aromatic carbocycles. The first-order chi connectivity index (χ1) is 9.33. The van der Waals surface area contributed by atoms with Gasteiger partial charge in [0.2, 0.25) is 5.78 Å². The van der Waals surface area contributed by atoms with Crippen molar-refractivity contribution >= 4 is 34.1 Å². The van der Waals surface area contributed by atoms with E-state index >= 15 is 0 Å². The lowest BCUT2D eigenvalue weighted by atomic mass is 10.1. The monoisotopic (exact) mass is 292 g/mol. The molecule has 1 saturated heterocycles. The van der Waals surface area contributed by atoms with Crippen molar-refractivity contribution in [2.24, 2.45) is 0 Å². The molecule has 2 aromatic heterocycles.